The molecule has 0 saturated carbocycles. The number of halogens is 1. The monoisotopic (exact) mass is 249 g/mol. The molecular weight excluding hydrogens is 233 g/mol. The Morgan fingerprint density at radius 3 is 2.94 bits per heavy atom. The molecule has 0 aliphatic carbocycles. The van der Waals surface area contributed by atoms with Gasteiger partial charge in [-0.15, -0.1) is 0 Å². The molecule has 1 aromatic heterocycles. The maximum Gasteiger partial charge on any atom is 0.227 e. The third-order valence-electron chi connectivity index (χ3n) is 2.72. The maximum absolute atomic E-state index is 13.4. The van der Waals surface area contributed by atoms with Gasteiger partial charge in [-0.2, -0.15) is 4.98 Å². The number of rotatable bonds is 5. The Hall–Kier alpha value is -1.75. The fourth-order valence-electron chi connectivity index (χ4n) is 1.62. The van der Waals surface area contributed by atoms with E-state index < -0.39 is 0 Å². The first-order chi connectivity index (χ1) is 8.70. The highest BCUT2D eigenvalue weighted by molar-refractivity contribution is 5.54. The summed E-state index contributed by atoms with van der Waals surface area (Å²) in [6.07, 6.45) is 1.66. The van der Waals surface area contributed by atoms with E-state index in [4.69, 9.17) is 4.52 Å². The van der Waals surface area contributed by atoms with Crippen molar-refractivity contribution in [3.63, 3.8) is 0 Å². The molecule has 2 aromatic rings. The van der Waals surface area contributed by atoms with Gasteiger partial charge >= 0.3 is 0 Å². The molecule has 0 bridgehead atoms. The molecule has 0 unspecified atom stereocenters. The van der Waals surface area contributed by atoms with E-state index in [-0.39, 0.29) is 5.82 Å². The smallest absolute Gasteiger partial charge is 0.227 e. The van der Waals surface area contributed by atoms with Gasteiger partial charge in [0, 0.05) is 12.0 Å². The standard InChI is InChI=1S/C13H16FN3O/c1-9-5-6-10(8-11(9)14)13-16-12(18-17-13)4-3-7-15-2/h5-6,8,15H,3-4,7H2,1-2H3. The molecule has 1 N–H and O–H groups in total. The summed E-state index contributed by atoms with van der Waals surface area (Å²) in [5, 5.41) is 6.91. The van der Waals surface area contributed by atoms with Gasteiger partial charge in [0.1, 0.15) is 5.82 Å². The molecule has 0 saturated heterocycles. The van der Waals surface area contributed by atoms with Crippen molar-refractivity contribution in [1.82, 2.24) is 15.5 Å². The number of hydrogen-bond donors (Lipinski definition) is 1. The zero-order valence-electron chi connectivity index (χ0n) is 10.5. The van der Waals surface area contributed by atoms with Crippen LogP contribution in [-0.4, -0.2) is 23.7 Å². The predicted octanol–water partition coefficient (Wildman–Crippen LogP) is 2.34. The van der Waals surface area contributed by atoms with Gasteiger partial charge < -0.3 is 9.84 Å². The topological polar surface area (TPSA) is 51.0 Å². The SMILES string of the molecule is CNCCCc1nc(-c2ccc(C)c(F)c2)no1. The Morgan fingerprint density at radius 2 is 2.22 bits per heavy atom. The van der Waals surface area contributed by atoms with E-state index >= 15 is 0 Å². The molecule has 2 rings (SSSR count). The number of hydrogen-bond acceptors (Lipinski definition) is 4. The lowest BCUT2D eigenvalue weighted by Crippen LogP contribution is -2.08. The number of aromatic nitrogens is 2. The first-order valence-corrected chi connectivity index (χ1v) is 5.94. The summed E-state index contributed by atoms with van der Waals surface area (Å²) in [6, 6.07) is 4.93. The lowest BCUT2D eigenvalue weighted by atomic mass is 10.1. The Morgan fingerprint density at radius 1 is 1.39 bits per heavy atom. The summed E-state index contributed by atoms with van der Waals surface area (Å²) < 4.78 is 18.6. The van der Waals surface area contributed by atoms with Gasteiger partial charge in [0.05, 0.1) is 0 Å². The van der Waals surface area contributed by atoms with Crippen LogP contribution in [0.1, 0.15) is 17.9 Å². The number of nitrogens with one attached hydrogen (secondary N) is 1. The summed E-state index contributed by atoms with van der Waals surface area (Å²) in [5.74, 6) is 0.767. The van der Waals surface area contributed by atoms with E-state index in [2.05, 4.69) is 15.5 Å². The second-order valence-electron chi connectivity index (χ2n) is 4.18. The molecule has 5 heteroatoms. The highest BCUT2D eigenvalue weighted by Crippen LogP contribution is 2.19. The third kappa shape index (κ3) is 2.92. The van der Waals surface area contributed by atoms with E-state index in [9.17, 15) is 4.39 Å². The van der Waals surface area contributed by atoms with Crippen LogP contribution >= 0.6 is 0 Å². The van der Waals surface area contributed by atoms with Crippen molar-refractivity contribution in [2.45, 2.75) is 19.8 Å². The summed E-state index contributed by atoms with van der Waals surface area (Å²) >= 11 is 0. The van der Waals surface area contributed by atoms with Gasteiger partial charge in [0.2, 0.25) is 11.7 Å². The number of aryl methyl sites for hydroxylation is 2. The van der Waals surface area contributed by atoms with E-state index in [0.29, 0.717) is 22.8 Å². The Labute approximate surface area is 105 Å². The molecule has 0 amide bonds. The Bertz CT molecular complexity index is 525. The largest absolute Gasteiger partial charge is 0.339 e. The molecule has 0 fully saturated rings. The second-order valence-corrected chi connectivity index (χ2v) is 4.18. The summed E-state index contributed by atoms with van der Waals surface area (Å²) in [5.41, 5.74) is 1.25. The van der Waals surface area contributed by atoms with Crippen molar-refractivity contribution in [2.24, 2.45) is 0 Å². The van der Waals surface area contributed by atoms with Gasteiger partial charge in [-0.05, 0) is 38.6 Å². The lowest BCUT2D eigenvalue weighted by Gasteiger charge is -1.97. The summed E-state index contributed by atoms with van der Waals surface area (Å²) in [7, 11) is 1.90. The van der Waals surface area contributed by atoms with Crippen LogP contribution in [0.5, 0.6) is 0 Å². The van der Waals surface area contributed by atoms with Gasteiger partial charge in [0.15, 0.2) is 0 Å². The molecule has 96 valence electrons. The molecular formula is C13H16FN3O. The van der Waals surface area contributed by atoms with Gasteiger partial charge in [-0.25, -0.2) is 4.39 Å². The summed E-state index contributed by atoms with van der Waals surface area (Å²) in [4.78, 5) is 4.25. The van der Waals surface area contributed by atoms with Gasteiger partial charge in [0.25, 0.3) is 0 Å². The van der Waals surface area contributed by atoms with Crippen LogP contribution in [0.2, 0.25) is 0 Å². The minimum Gasteiger partial charge on any atom is -0.339 e. The quantitative estimate of drug-likeness (QED) is 0.826. The van der Waals surface area contributed by atoms with Crippen LogP contribution in [0.4, 0.5) is 4.39 Å². The summed E-state index contributed by atoms with van der Waals surface area (Å²) in [6.45, 7) is 2.62. The molecule has 0 spiro atoms. The van der Waals surface area contributed by atoms with Crippen molar-refractivity contribution >= 4 is 0 Å². The molecule has 0 aliphatic rings. The molecule has 4 nitrogen and oxygen atoms in total. The Balaban J connectivity index is 2.11. The molecule has 1 aromatic carbocycles. The minimum absolute atomic E-state index is 0.256. The fourth-order valence-corrected chi connectivity index (χ4v) is 1.62. The predicted molar refractivity (Wildman–Crippen MR) is 66.7 cm³/mol. The highest BCUT2D eigenvalue weighted by atomic mass is 19.1. The Kier molecular flexibility index (Phi) is 4.04. The fraction of sp³-hybridized carbons (Fsp3) is 0.385. The first kappa shape index (κ1) is 12.7. The van der Waals surface area contributed by atoms with Crippen molar-refractivity contribution < 1.29 is 8.91 Å². The molecule has 1 heterocycles. The maximum atomic E-state index is 13.4. The third-order valence-corrected chi connectivity index (χ3v) is 2.72. The van der Waals surface area contributed by atoms with E-state index in [0.717, 1.165) is 19.4 Å². The van der Waals surface area contributed by atoms with E-state index in [1.165, 1.54) is 6.07 Å². The number of benzene rings is 1. The average molecular weight is 249 g/mol. The zero-order chi connectivity index (χ0) is 13.0. The van der Waals surface area contributed by atoms with E-state index in [1.807, 2.05) is 7.05 Å². The molecule has 0 atom stereocenters. The zero-order valence-corrected chi connectivity index (χ0v) is 10.5. The highest BCUT2D eigenvalue weighted by Gasteiger charge is 2.09. The van der Waals surface area contributed by atoms with Crippen molar-refractivity contribution in [3.05, 3.63) is 35.5 Å². The lowest BCUT2D eigenvalue weighted by molar-refractivity contribution is 0.375. The van der Waals surface area contributed by atoms with Crippen LogP contribution < -0.4 is 5.32 Å². The van der Waals surface area contributed by atoms with Gasteiger partial charge in [-0.3, -0.25) is 0 Å². The average Bonchev–Trinajstić information content (AvgIpc) is 2.82. The van der Waals surface area contributed by atoms with Crippen LogP contribution in [0.25, 0.3) is 11.4 Å². The minimum atomic E-state index is -0.256. The molecule has 0 aliphatic heterocycles. The number of nitrogens with zero attached hydrogens (tertiary/aromatic N) is 2. The normalized spacial score (nSPS) is 10.8. The van der Waals surface area contributed by atoms with Crippen molar-refractivity contribution in [1.29, 1.82) is 0 Å². The van der Waals surface area contributed by atoms with Crippen LogP contribution in [0, 0.1) is 12.7 Å². The van der Waals surface area contributed by atoms with Crippen molar-refractivity contribution in [2.75, 3.05) is 13.6 Å². The van der Waals surface area contributed by atoms with Gasteiger partial charge in [-0.1, -0.05) is 17.3 Å². The molecule has 0 radical (unpaired) electrons. The van der Waals surface area contributed by atoms with Crippen LogP contribution in [-0.2, 0) is 6.42 Å². The molecule has 18 heavy (non-hydrogen) atoms. The van der Waals surface area contributed by atoms with Crippen LogP contribution in [0.3, 0.4) is 0 Å². The van der Waals surface area contributed by atoms with E-state index in [1.54, 1.807) is 19.1 Å². The first-order valence-electron chi connectivity index (χ1n) is 5.94. The van der Waals surface area contributed by atoms with Crippen LogP contribution in [0.15, 0.2) is 22.7 Å². The van der Waals surface area contributed by atoms with Crippen molar-refractivity contribution in [3.8, 4) is 11.4 Å². The second kappa shape index (κ2) is 5.73.